The van der Waals surface area contributed by atoms with Crippen LogP contribution < -0.4 is 0 Å². The molecule has 32 heavy (non-hydrogen) atoms. The SMILES string of the molecule is CCOC(=O)c1ccc2c(ccn2Cc2cc(CN3CCCC3)c(O)c3ncccc23)c1. The Hall–Kier alpha value is -3.38. The first-order valence-electron chi connectivity index (χ1n) is 11.2. The molecule has 6 heteroatoms. The molecule has 1 fully saturated rings. The number of benzene rings is 2. The van der Waals surface area contributed by atoms with E-state index in [0.717, 1.165) is 47.1 Å². The summed E-state index contributed by atoms with van der Waals surface area (Å²) in [7, 11) is 0. The molecule has 0 aliphatic carbocycles. The van der Waals surface area contributed by atoms with Crippen LogP contribution in [0.2, 0.25) is 0 Å². The minimum absolute atomic E-state index is 0.285. The van der Waals surface area contributed by atoms with Crippen molar-refractivity contribution < 1.29 is 14.6 Å². The number of fused-ring (bicyclic) bond motifs is 2. The van der Waals surface area contributed by atoms with E-state index in [-0.39, 0.29) is 11.7 Å². The Labute approximate surface area is 187 Å². The van der Waals surface area contributed by atoms with E-state index in [0.29, 0.717) is 24.2 Å². The van der Waals surface area contributed by atoms with Crippen LogP contribution in [0, 0.1) is 0 Å². The number of aromatic hydroxyl groups is 1. The fourth-order valence-corrected chi connectivity index (χ4v) is 4.66. The molecule has 1 aliphatic heterocycles. The van der Waals surface area contributed by atoms with Gasteiger partial charge in [-0.05, 0) is 74.8 Å². The largest absolute Gasteiger partial charge is 0.505 e. The summed E-state index contributed by atoms with van der Waals surface area (Å²) in [5.41, 5.74) is 4.30. The van der Waals surface area contributed by atoms with Crippen LogP contribution in [0.5, 0.6) is 5.75 Å². The van der Waals surface area contributed by atoms with Crippen molar-refractivity contribution in [1.82, 2.24) is 14.5 Å². The molecule has 0 spiro atoms. The van der Waals surface area contributed by atoms with Crippen molar-refractivity contribution in [2.75, 3.05) is 19.7 Å². The van der Waals surface area contributed by atoms with Crippen molar-refractivity contribution in [2.45, 2.75) is 32.9 Å². The molecule has 5 rings (SSSR count). The van der Waals surface area contributed by atoms with Gasteiger partial charge >= 0.3 is 5.97 Å². The van der Waals surface area contributed by atoms with Gasteiger partial charge in [-0.15, -0.1) is 0 Å². The summed E-state index contributed by atoms with van der Waals surface area (Å²) in [6, 6.07) is 13.7. The van der Waals surface area contributed by atoms with Gasteiger partial charge in [-0.1, -0.05) is 6.07 Å². The Kier molecular flexibility index (Phi) is 5.53. The van der Waals surface area contributed by atoms with Gasteiger partial charge in [-0.2, -0.15) is 0 Å². The number of likely N-dealkylation sites (tertiary alicyclic amines) is 1. The van der Waals surface area contributed by atoms with E-state index in [2.05, 4.69) is 20.5 Å². The summed E-state index contributed by atoms with van der Waals surface area (Å²) in [6.07, 6.45) is 6.19. The number of phenols is 1. The minimum atomic E-state index is -0.302. The summed E-state index contributed by atoms with van der Waals surface area (Å²) >= 11 is 0. The van der Waals surface area contributed by atoms with Gasteiger partial charge in [0.1, 0.15) is 11.3 Å². The lowest BCUT2D eigenvalue weighted by Crippen LogP contribution is -2.18. The molecular formula is C26H27N3O3. The normalized spacial score (nSPS) is 14.4. The van der Waals surface area contributed by atoms with Crippen molar-refractivity contribution >= 4 is 27.8 Å². The molecule has 6 nitrogen and oxygen atoms in total. The number of carbonyl (C=O) groups is 1. The molecule has 0 bridgehead atoms. The van der Waals surface area contributed by atoms with Gasteiger partial charge in [0, 0.05) is 47.3 Å². The summed E-state index contributed by atoms with van der Waals surface area (Å²) in [5, 5.41) is 12.9. The number of nitrogens with zero attached hydrogens (tertiary/aromatic N) is 3. The van der Waals surface area contributed by atoms with E-state index in [9.17, 15) is 9.90 Å². The average Bonchev–Trinajstić information content (AvgIpc) is 3.47. The third kappa shape index (κ3) is 3.82. The van der Waals surface area contributed by atoms with Crippen LogP contribution in [0.15, 0.2) is 54.9 Å². The molecule has 4 aromatic rings. The Bertz CT molecular complexity index is 1290. The van der Waals surface area contributed by atoms with Crippen LogP contribution >= 0.6 is 0 Å². The monoisotopic (exact) mass is 429 g/mol. The highest BCUT2D eigenvalue weighted by molar-refractivity contribution is 5.95. The van der Waals surface area contributed by atoms with Crippen LogP contribution in [0.25, 0.3) is 21.8 Å². The molecule has 1 saturated heterocycles. The number of rotatable bonds is 6. The van der Waals surface area contributed by atoms with Gasteiger partial charge < -0.3 is 14.4 Å². The number of esters is 1. The minimum Gasteiger partial charge on any atom is -0.505 e. The molecule has 1 N–H and O–H groups in total. The maximum absolute atomic E-state index is 12.1. The van der Waals surface area contributed by atoms with E-state index < -0.39 is 0 Å². The lowest BCUT2D eigenvalue weighted by atomic mass is 10.0. The number of hydrogen-bond acceptors (Lipinski definition) is 5. The maximum Gasteiger partial charge on any atom is 0.338 e. The molecule has 1 aliphatic rings. The summed E-state index contributed by atoms with van der Waals surface area (Å²) in [4.78, 5) is 19.0. The van der Waals surface area contributed by atoms with Crippen molar-refractivity contribution in [3.05, 3.63) is 71.5 Å². The average molecular weight is 430 g/mol. The zero-order valence-corrected chi connectivity index (χ0v) is 18.3. The fourth-order valence-electron chi connectivity index (χ4n) is 4.66. The Morgan fingerprint density at radius 2 is 1.94 bits per heavy atom. The van der Waals surface area contributed by atoms with E-state index in [4.69, 9.17) is 4.74 Å². The topological polar surface area (TPSA) is 67.6 Å². The van der Waals surface area contributed by atoms with E-state index >= 15 is 0 Å². The molecule has 3 heterocycles. The zero-order chi connectivity index (χ0) is 22.1. The van der Waals surface area contributed by atoms with Crippen LogP contribution in [-0.4, -0.2) is 45.2 Å². The maximum atomic E-state index is 12.1. The Morgan fingerprint density at radius 3 is 2.75 bits per heavy atom. The predicted molar refractivity (Wildman–Crippen MR) is 125 cm³/mol. The van der Waals surface area contributed by atoms with Crippen molar-refractivity contribution in [2.24, 2.45) is 0 Å². The number of ether oxygens (including phenoxy) is 1. The van der Waals surface area contributed by atoms with Crippen LogP contribution in [0.3, 0.4) is 0 Å². The second kappa shape index (κ2) is 8.63. The van der Waals surface area contributed by atoms with Crippen molar-refractivity contribution in [3.63, 3.8) is 0 Å². The first-order chi connectivity index (χ1) is 15.6. The van der Waals surface area contributed by atoms with Crippen LogP contribution in [0.1, 0.15) is 41.3 Å². The highest BCUT2D eigenvalue weighted by Crippen LogP contribution is 2.33. The number of hydrogen-bond donors (Lipinski definition) is 1. The highest BCUT2D eigenvalue weighted by atomic mass is 16.5. The molecule has 164 valence electrons. The second-order valence-electron chi connectivity index (χ2n) is 8.36. The molecule has 2 aromatic heterocycles. The van der Waals surface area contributed by atoms with Crippen molar-refractivity contribution in [1.29, 1.82) is 0 Å². The number of carbonyl (C=O) groups excluding carboxylic acids is 1. The number of aromatic nitrogens is 2. The smallest absolute Gasteiger partial charge is 0.338 e. The van der Waals surface area contributed by atoms with Gasteiger partial charge in [-0.25, -0.2) is 4.79 Å². The van der Waals surface area contributed by atoms with E-state index in [1.165, 1.54) is 12.8 Å². The van der Waals surface area contributed by atoms with Gasteiger partial charge in [0.05, 0.1) is 12.2 Å². The summed E-state index contributed by atoms with van der Waals surface area (Å²) in [6.45, 7) is 5.69. The molecule has 0 amide bonds. The summed E-state index contributed by atoms with van der Waals surface area (Å²) < 4.78 is 7.30. The van der Waals surface area contributed by atoms with E-state index in [1.54, 1.807) is 6.20 Å². The quantitative estimate of drug-likeness (QED) is 0.450. The summed E-state index contributed by atoms with van der Waals surface area (Å²) in [5.74, 6) is -0.0167. The molecule has 0 unspecified atom stereocenters. The highest BCUT2D eigenvalue weighted by Gasteiger charge is 2.18. The Morgan fingerprint density at radius 1 is 1.09 bits per heavy atom. The fraction of sp³-hybridized carbons (Fsp3) is 0.308. The van der Waals surface area contributed by atoms with Gasteiger partial charge in [0.2, 0.25) is 0 Å². The van der Waals surface area contributed by atoms with Gasteiger partial charge in [0.25, 0.3) is 0 Å². The van der Waals surface area contributed by atoms with E-state index in [1.807, 2.05) is 49.5 Å². The molecule has 0 radical (unpaired) electrons. The number of phenolic OH excluding ortho intramolecular Hbond substituents is 1. The second-order valence-corrected chi connectivity index (χ2v) is 8.36. The third-order valence-corrected chi connectivity index (χ3v) is 6.25. The third-order valence-electron chi connectivity index (χ3n) is 6.25. The lowest BCUT2D eigenvalue weighted by Gasteiger charge is -2.18. The van der Waals surface area contributed by atoms with Crippen LogP contribution in [-0.2, 0) is 17.8 Å². The lowest BCUT2D eigenvalue weighted by molar-refractivity contribution is 0.0526. The van der Waals surface area contributed by atoms with Crippen LogP contribution in [0.4, 0.5) is 0 Å². The zero-order valence-electron chi connectivity index (χ0n) is 18.3. The molecule has 0 atom stereocenters. The number of pyridine rings is 1. The van der Waals surface area contributed by atoms with Crippen molar-refractivity contribution in [3.8, 4) is 5.75 Å². The first kappa shape index (κ1) is 20.5. The van der Waals surface area contributed by atoms with Gasteiger partial charge in [-0.3, -0.25) is 9.88 Å². The Balaban J connectivity index is 1.52. The van der Waals surface area contributed by atoms with Gasteiger partial charge in [0.15, 0.2) is 0 Å². The standard InChI is InChI=1S/C26H27N3O3/c1-2-32-26(31)19-7-8-23-18(14-19)9-13-29(23)17-20-15-21(16-28-11-3-4-12-28)25(30)24-22(20)6-5-10-27-24/h5-10,13-15,30H,2-4,11-12,16-17H2,1H3. The first-order valence-corrected chi connectivity index (χ1v) is 11.2. The molecule has 0 saturated carbocycles. The predicted octanol–water partition coefficient (Wildman–Crippen LogP) is 4.72. The molecular weight excluding hydrogens is 402 g/mol. The molecule has 2 aromatic carbocycles.